The van der Waals surface area contributed by atoms with Crippen LogP contribution in [0.5, 0.6) is 0 Å². The first-order valence-corrected chi connectivity index (χ1v) is 15.0. The zero-order chi connectivity index (χ0) is 32.7. The first-order chi connectivity index (χ1) is 22.0. The molecule has 3 amide bonds. The van der Waals surface area contributed by atoms with Gasteiger partial charge in [-0.05, 0) is 62.1 Å². The van der Waals surface area contributed by atoms with Crippen LogP contribution in [0.2, 0.25) is 0 Å². The molecule has 3 aliphatic rings. The Labute approximate surface area is 261 Å². The van der Waals surface area contributed by atoms with E-state index >= 15 is 0 Å². The van der Waals surface area contributed by atoms with Gasteiger partial charge in [0.1, 0.15) is 23.7 Å². The van der Waals surface area contributed by atoms with Crippen LogP contribution in [-0.2, 0) is 15.7 Å². The Morgan fingerprint density at radius 3 is 2.43 bits per heavy atom. The lowest BCUT2D eigenvalue weighted by atomic mass is 9.80. The number of carbonyl (C=O) groups is 3. The number of aromatic nitrogens is 2. The first-order valence-electron chi connectivity index (χ1n) is 15.0. The zero-order valence-electron chi connectivity index (χ0n) is 24.8. The monoisotopic (exact) mass is 638 g/mol. The first kappa shape index (κ1) is 31.2. The molecule has 6 rings (SSSR count). The van der Waals surface area contributed by atoms with Gasteiger partial charge < -0.3 is 15.0 Å². The van der Waals surface area contributed by atoms with Gasteiger partial charge in [0.05, 0.1) is 17.7 Å². The van der Waals surface area contributed by atoms with Crippen molar-refractivity contribution in [3.63, 3.8) is 0 Å². The summed E-state index contributed by atoms with van der Waals surface area (Å²) in [5.41, 5.74) is -0.680. The highest BCUT2D eigenvalue weighted by Gasteiger charge is 2.49. The van der Waals surface area contributed by atoms with E-state index in [0.717, 1.165) is 12.1 Å². The Kier molecular flexibility index (Phi) is 8.28. The predicted octanol–water partition coefficient (Wildman–Crippen LogP) is 4.43. The van der Waals surface area contributed by atoms with Crippen molar-refractivity contribution >= 4 is 23.5 Å². The quantitative estimate of drug-likeness (QED) is 0.399. The van der Waals surface area contributed by atoms with Gasteiger partial charge in [-0.3, -0.25) is 19.3 Å². The van der Waals surface area contributed by atoms with E-state index in [0.29, 0.717) is 62.0 Å². The largest absolute Gasteiger partial charge is 0.416 e. The summed E-state index contributed by atoms with van der Waals surface area (Å²) in [5, 5.41) is 17.0. The summed E-state index contributed by atoms with van der Waals surface area (Å²) in [6, 6.07) is 8.88. The van der Waals surface area contributed by atoms with E-state index in [1.54, 1.807) is 11.6 Å². The second-order valence-electron chi connectivity index (χ2n) is 11.4. The van der Waals surface area contributed by atoms with Crippen molar-refractivity contribution in [3.05, 3.63) is 82.3 Å². The molecule has 10 nitrogen and oxygen atoms in total. The number of rotatable bonds is 6. The van der Waals surface area contributed by atoms with Gasteiger partial charge in [-0.15, -0.1) is 0 Å². The van der Waals surface area contributed by atoms with Crippen molar-refractivity contribution in [2.24, 2.45) is 0 Å². The number of hydrogen-bond donors (Lipinski definition) is 1. The number of fused-ring (bicyclic) bond motifs is 1. The summed E-state index contributed by atoms with van der Waals surface area (Å²) >= 11 is 0. The summed E-state index contributed by atoms with van der Waals surface area (Å²) in [6.07, 6.45) is -3.11. The van der Waals surface area contributed by atoms with Gasteiger partial charge in [-0.2, -0.15) is 23.5 Å². The number of benzene rings is 2. The molecule has 0 spiro atoms. The summed E-state index contributed by atoms with van der Waals surface area (Å²) in [7, 11) is 0. The molecule has 3 atom stereocenters. The highest BCUT2D eigenvalue weighted by atomic mass is 19.4. The molecule has 3 aliphatic heterocycles. The molecule has 14 heteroatoms. The number of alkyl halides is 3. The van der Waals surface area contributed by atoms with Crippen LogP contribution in [0.1, 0.15) is 75.7 Å². The molecule has 3 aromatic rings. The van der Waals surface area contributed by atoms with Gasteiger partial charge >= 0.3 is 6.18 Å². The number of nitrogens with one attached hydrogen (secondary N) is 1. The third-order valence-corrected chi connectivity index (χ3v) is 8.81. The smallest absolute Gasteiger partial charge is 0.381 e. The van der Waals surface area contributed by atoms with Crippen LogP contribution < -0.4 is 10.2 Å². The average molecular weight is 639 g/mol. The third-order valence-electron chi connectivity index (χ3n) is 8.81. The average Bonchev–Trinajstić information content (AvgIpc) is 3.42. The van der Waals surface area contributed by atoms with Gasteiger partial charge in [-0.1, -0.05) is 18.2 Å². The van der Waals surface area contributed by atoms with Crippen LogP contribution in [0.4, 0.5) is 23.4 Å². The highest BCUT2D eigenvalue weighted by molar-refractivity contribution is 6.07. The molecule has 0 unspecified atom stereocenters. The van der Waals surface area contributed by atoms with Crippen molar-refractivity contribution < 1.29 is 36.7 Å². The minimum atomic E-state index is -4.70. The maximum Gasteiger partial charge on any atom is 0.416 e. The highest BCUT2D eigenvalue weighted by Crippen LogP contribution is 2.45. The van der Waals surface area contributed by atoms with E-state index in [4.69, 9.17) is 9.84 Å². The molecule has 0 bridgehead atoms. The van der Waals surface area contributed by atoms with Gasteiger partial charge in [0.15, 0.2) is 5.69 Å². The number of likely N-dealkylation sites (N-methyl/N-ethyl adjacent to an activating group) is 1. The fourth-order valence-corrected chi connectivity index (χ4v) is 6.36. The molecule has 0 saturated carbocycles. The van der Waals surface area contributed by atoms with E-state index in [1.807, 2.05) is 0 Å². The van der Waals surface area contributed by atoms with Crippen LogP contribution in [0, 0.1) is 17.1 Å². The number of nitriles is 1. The van der Waals surface area contributed by atoms with Crippen LogP contribution in [-0.4, -0.2) is 70.8 Å². The van der Waals surface area contributed by atoms with Crippen LogP contribution >= 0.6 is 0 Å². The fourth-order valence-electron chi connectivity index (χ4n) is 6.36. The Morgan fingerprint density at radius 2 is 1.83 bits per heavy atom. The maximum absolute atomic E-state index is 14.3. The number of ether oxygens (including phenoxy) is 1. The number of halogens is 4. The minimum absolute atomic E-state index is 0.0139. The second kappa shape index (κ2) is 12.2. The Bertz CT molecular complexity index is 1710. The van der Waals surface area contributed by atoms with Gasteiger partial charge in [0, 0.05) is 43.3 Å². The molecule has 46 heavy (non-hydrogen) atoms. The zero-order valence-corrected chi connectivity index (χ0v) is 24.8. The number of nitrogens with zero attached hydrogens (tertiary/aromatic N) is 5. The van der Waals surface area contributed by atoms with Gasteiger partial charge in [0.2, 0.25) is 0 Å². The lowest BCUT2D eigenvalue weighted by molar-refractivity contribution is -0.137. The molecular weight excluding hydrogens is 608 g/mol. The maximum atomic E-state index is 14.3. The molecule has 1 aromatic heterocycles. The summed E-state index contributed by atoms with van der Waals surface area (Å²) in [4.78, 5) is 44.7. The lowest BCUT2D eigenvalue weighted by Gasteiger charge is -2.40. The molecule has 0 aliphatic carbocycles. The summed E-state index contributed by atoms with van der Waals surface area (Å²) in [6.45, 7) is 3.02. The van der Waals surface area contributed by atoms with Crippen molar-refractivity contribution in [1.29, 1.82) is 5.26 Å². The van der Waals surface area contributed by atoms with Crippen molar-refractivity contribution in [2.75, 3.05) is 31.2 Å². The number of likely N-dealkylation sites (tertiary alicyclic amines) is 1. The number of carbonyl (C=O) groups excluding carboxylic acids is 3. The van der Waals surface area contributed by atoms with Crippen molar-refractivity contribution in [2.45, 2.75) is 56.4 Å². The number of amides is 3. The van der Waals surface area contributed by atoms with E-state index < -0.39 is 53.3 Å². The Hall–Kier alpha value is -4.77. The van der Waals surface area contributed by atoms with E-state index in [-0.39, 0.29) is 23.8 Å². The van der Waals surface area contributed by atoms with Gasteiger partial charge in [-0.25, -0.2) is 9.07 Å². The van der Waals surface area contributed by atoms with Crippen LogP contribution in [0.3, 0.4) is 0 Å². The topological polar surface area (TPSA) is 121 Å². The molecular formula is C32H30F4N6O4. The lowest BCUT2D eigenvalue weighted by Crippen LogP contribution is -2.56. The molecule has 2 fully saturated rings. The third kappa shape index (κ3) is 5.49. The van der Waals surface area contributed by atoms with Crippen LogP contribution in [0.15, 0.2) is 48.5 Å². The SMILES string of the molecule is CCN1C(=O)[C@@H](NC(=O)c2cccc(C(F)(F)F)c2)[C@@H](c2ccc(F)cc2)c2c(C(=O)N3CC[C@H]3C#N)nn(C3CCOCC3)c21. The van der Waals surface area contributed by atoms with E-state index in [2.05, 4.69) is 11.4 Å². The molecule has 1 N–H and O–H groups in total. The van der Waals surface area contributed by atoms with Gasteiger partial charge in [0.25, 0.3) is 17.7 Å². The Balaban J connectivity index is 1.53. The molecule has 0 radical (unpaired) electrons. The van der Waals surface area contributed by atoms with E-state index in [1.165, 1.54) is 40.1 Å². The second-order valence-corrected chi connectivity index (χ2v) is 11.4. The van der Waals surface area contributed by atoms with E-state index in [9.17, 15) is 37.2 Å². The summed E-state index contributed by atoms with van der Waals surface area (Å²) < 4.78 is 61.7. The molecule has 2 saturated heterocycles. The van der Waals surface area contributed by atoms with Crippen molar-refractivity contribution in [3.8, 4) is 6.07 Å². The molecule has 2 aromatic carbocycles. The number of anilines is 1. The minimum Gasteiger partial charge on any atom is -0.381 e. The summed E-state index contributed by atoms with van der Waals surface area (Å²) in [5.74, 6) is -3.33. The fraction of sp³-hybridized carbons (Fsp3) is 0.406. The standard InChI is InChI=1S/C32H30F4N6O4/c1-2-40-29-25(27(31(45)41-13-10-23(41)17-37)39-42(29)22-11-14-46-15-12-22)24(18-6-8-21(33)9-7-18)26(30(40)44)38-28(43)19-4-3-5-20(16-19)32(34,35)36/h3-9,16,22-24,26H,2,10-15H2,1H3,(H,38,43)/t23-,24-,26-/m0/s1. The Morgan fingerprint density at radius 1 is 1.11 bits per heavy atom. The molecule has 4 heterocycles. The predicted molar refractivity (Wildman–Crippen MR) is 155 cm³/mol. The normalized spacial score (nSPS) is 21.7. The number of hydrogen-bond acceptors (Lipinski definition) is 6. The molecule has 240 valence electrons. The van der Waals surface area contributed by atoms with Crippen LogP contribution in [0.25, 0.3) is 0 Å². The van der Waals surface area contributed by atoms with Crippen molar-refractivity contribution in [1.82, 2.24) is 20.0 Å².